The molecule has 4 rings (SSSR count). The van der Waals surface area contributed by atoms with Crippen molar-refractivity contribution in [3.05, 3.63) is 54.6 Å². The number of fused-ring (bicyclic) bond motifs is 1. The van der Waals surface area contributed by atoms with Crippen molar-refractivity contribution < 1.29 is 14.3 Å². The lowest BCUT2D eigenvalue weighted by Crippen LogP contribution is -2.40. The van der Waals surface area contributed by atoms with Gasteiger partial charge >= 0.3 is 0 Å². The fourth-order valence-electron chi connectivity index (χ4n) is 3.57. The quantitative estimate of drug-likeness (QED) is 0.734. The molecule has 0 saturated heterocycles. The summed E-state index contributed by atoms with van der Waals surface area (Å²) < 4.78 is 11.1. The standard InChI is InChI=1S/C21H22N4O3/c1-27-20-21(24-13-12-23-20)28-16-8-6-15(7-9-16)25-19(26)18-17-5-3-2-4-14(17)10-11-22-18/h2-5,10-13,15-16H,6-9H2,1H3,(H,25,26). The molecule has 0 atom stereocenters. The summed E-state index contributed by atoms with van der Waals surface area (Å²) in [7, 11) is 1.55. The maximum absolute atomic E-state index is 12.7. The molecule has 2 aromatic heterocycles. The van der Waals surface area contributed by atoms with Gasteiger partial charge in [0.1, 0.15) is 11.8 Å². The molecule has 0 spiro atoms. The zero-order chi connectivity index (χ0) is 19.3. The van der Waals surface area contributed by atoms with Crippen LogP contribution in [0.2, 0.25) is 0 Å². The lowest BCUT2D eigenvalue weighted by Gasteiger charge is -2.29. The van der Waals surface area contributed by atoms with Crippen LogP contribution in [0.5, 0.6) is 11.8 Å². The smallest absolute Gasteiger partial charge is 0.278 e. The lowest BCUT2D eigenvalue weighted by atomic mass is 9.92. The highest BCUT2D eigenvalue weighted by molar-refractivity contribution is 6.05. The Kier molecular flexibility index (Phi) is 5.32. The van der Waals surface area contributed by atoms with Crippen molar-refractivity contribution in [2.45, 2.75) is 37.8 Å². The second kappa shape index (κ2) is 8.21. The molecular formula is C21H22N4O3. The van der Waals surface area contributed by atoms with Crippen LogP contribution in [-0.4, -0.2) is 40.1 Å². The molecule has 144 valence electrons. The van der Waals surface area contributed by atoms with E-state index in [1.807, 2.05) is 30.3 Å². The zero-order valence-electron chi connectivity index (χ0n) is 15.7. The average Bonchev–Trinajstić information content (AvgIpc) is 2.75. The number of benzene rings is 1. The zero-order valence-corrected chi connectivity index (χ0v) is 15.7. The van der Waals surface area contributed by atoms with Crippen LogP contribution in [0.25, 0.3) is 10.8 Å². The van der Waals surface area contributed by atoms with Crippen LogP contribution in [-0.2, 0) is 0 Å². The Morgan fingerprint density at radius 2 is 1.71 bits per heavy atom. The number of hydrogen-bond donors (Lipinski definition) is 1. The van der Waals surface area contributed by atoms with Crippen LogP contribution in [0.15, 0.2) is 48.9 Å². The second-order valence-corrected chi connectivity index (χ2v) is 6.82. The SMILES string of the molecule is COc1nccnc1OC1CCC(NC(=O)c2nccc3ccccc23)CC1. The number of amides is 1. The van der Waals surface area contributed by atoms with Crippen molar-refractivity contribution in [2.24, 2.45) is 0 Å². The number of nitrogens with one attached hydrogen (secondary N) is 1. The Morgan fingerprint density at radius 3 is 2.50 bits per heavy atom. The van der Waals surface area contributed by atoms with Crippen molar-refractivity contribution in [2.75, 3.05) is 7.11 Å². The highest BCUT2D eigenvalue weighted by atomic mass is 16.5. The van der Waals surface area contributed by atoms with Crippen molar-refractivity contribution >= 4 is 16.7 Å². The van der Waals surface area contributed by atoms with Crippen LogP contribution in [0.1, 0.15) is 36.2 Å². The normalized spacial score (nSPS) is 19.2. The molecule has 3 aromatic rings. The molecule has 1 N–H and O–H groups in total. The lowest BCUT2D eigenvalue weighted by molar-refractivity contribution is 0.0883. The molecule has 0 aliphatic heterocycles. The third-order valence-electron chi connectivity index (χ3n) is 5.00. The predicted octanol–water partition coefficient (Wildman–Crippen LogP) is 3.15. The molecule has 7 nitrogen and oxygen atoms in total. The highest BCUT2D eigenvalue weighted by Crippen LogP contribution is 2.27. The number of aromatic nitrogens is 3. The summed E-state index contributed by atoms with van der Waals surface area (Å²) in [5.41, 5.74) is 0.473. The van der Waals surface area contributed by atoms with E-state index in [0.717, 1.165) is 36.5 Å². The molecule has 1 aromatic carbocycles. The third kappa shape index (κ3) is 3.88. The van der Waals surface area contributed by atoms with Gasteiger partial charge in [-0.1, -0.05) is 24.3 Å². The second-order valence-electron chi connectivity index (χ2n) is 6.82. The number of methoxy groups -OCH3 is 1. The van der Waals surface area contributed by atoms with E-state index in [-0.39, 0.29) is 18.1 Å². The number of hydrogen-bond acceptors (Lipinski definition) is 6. The molecule has 28 heavy (non-hydrogen) atoms. The van der Waals surface area contributed by atoms with E-state index in [1.165, 1.54) is 0 Å². The summed E-state index contributed by atoms with van der Waals surface area (Å²) in [5.74, 6) is 0.675. The molecule has 1 aliphatic carbocycles. The summed E-state index contributed by atoms with van der Waals surface area (Å²) in [4.78, 5) is 25.3. The van der Waals surface area contributed by atoms with Gasteiger partial charge in [-0.15, -0.1) is 0 Å². The molecule has 1 aliphatic rings. The van der Waals surface area contributed by atoms with E-state index in [9.17, 15) is 4.79 Å². The van der Waals surface area contributed by atoms with E-state index >= 15 is 0 Å². The molecule has 2 heterocycles. The molecule has 1 saturated carbocycles. The van der Waals surface area contributed by atoms with E-state index in [2.05, 4.69) is 20.3 Å². The number of ether oxygens (including phenoxy) is 2. The van der Waals surface area contributed by atoms with Crippen LogP contribution < -0.4 is 14.8 Å². The van der Waals surface area contributed by atoms with Crippen LogP contribution in [0.4, 0.5) is 0 Å². The molecule has 0 unspecified atom stereocenters. The Balaban J connectivity index is 1.36. The number of nitrogens with zero attached hydrogens (tertiary/aromatic N) is 3. The van der Waals surface area contributed by atoms with Crippen LogP contribution >= 0.6 is 0 Å². The molecule has 7 heteroatoms. The molecular weight excluding hydrogens is 356 g/mol. The summed E-state index contributed by atoms with van der Waals surface area (Å²) in [6.45, 7) is 0. The number of carbonyl (C=O) groups is 1. The number of rotatable bonds is 5. The monoisotopic (exact) mass is 378 g/mol. The van der Waals surface area contributed by atoms with Gasteiger partial charge in [0.2, 0.25) is 0 Å². The average molecular weight is 378 g/mol. The van der Waals surface area contributed by atoms with Crippen molar-refractivity contribution in [1.29, 1.82) is 0 Å². The first-order valence-corrected chi connectivity index (χ1v) is 9.41. The predicted molar refractivity (Wildman–Crippen MR) is 104 cm³/mol. The van der Waals surface area contributed by atoms with Crippen molar-refractivity contribution in [3.63, 3.8) is 0 Å². The van der Waals surface area contributed by atoms with Gasteiger partial charge in [0.25, 0.3) is 17.7 Å². The van der Waals surface area contributed by atoms with Crippen LogP contribution in [0, 0.1) is 0 Å². The largest absolute Gasteiger partial charge is 0.477 e. The van der Waals surface area contributed by atoms with Gasteiger partial charge < -0.3 is 14.8 Å². The summed E-state index contributed by atoms with van der Waals surface area (Å²) in [6.07, 6.45) is 8.19. The van der Waals surface area contributed by atoms with Gasteiger partial charge in [-0.2, -0.15) is 0 Å². The van der Waals surface area contributed by atoms with E-state index in [4.69, 9.17) is 9.47 Å². The van der Waals surface area contributed by atoms with Gasteiger partial charge in [0.15, 0.2) is 0 Å². The van der Waals surface area contributed by atoms with Gasteiger partial charge in [-0.3, -0.25) is 9.78 Å². The highest BCUT2D eigenvalue weighted by Gasteiger charge is 2.26. The van der Waals surface area contributed by atoms with Gasteiger partial charge in [0, 0.05) is 30.0 Å². The Labute approximate surface area is 163 Å². The van der Waals surface area contributed by atoms with Crippen molar-refractivity contribution in [1.82, 2.24) is 20.3 Å². The first-order valence-electron chi connectivity index (χ1n) is 9.41. The Bertz CT molecular complexity index is 965. The number of carbonyl (C=O) groups excluding carboxylic acids is 1. The fourth-order valence-corrected chi connectivity index (χ4v) is 3.57. The summed E-state index contributed by atoms with van der Waals surface area (Å²) in [6, 6.07) is 9.81. The third-order valence-corrected chi connectivity index (χ3v) is 5.00. The Morgan fingerprint density at radius 1 is 0.964 bits per heavy atom. The topological polar surface area (TPSA) is 86.2 Å². The minimum atomic E-state index is -0.128. The molecule has 0 bridgehead atoms. The van der Waals surface area contributed by atoms with Gasteiger partial charge in [-0.05, 0) is 37.1 Å². The first kappa shape index (κ1) is 18.2. The van der Waals surface area contributed by atoms with E-state index < -0.39 is 0 Å². The summed E-state index contributed by atoms with van der Waals surface area (Å²) >= 11 is 0. The molecule has 1 amide bonds. The molecule has 0 radical (unpaired) electrons. The Hall–Kier alpha value is -3.22. The maximum atomic E-state index is 12.7. The van der Waals surface area contributed by atoms with Gasteiger partial charge in [-0.25, -0.2) is 9.97 Å². The minimum Gasteiger partial charge on any atom is -0.477 e. The van der Waals surface area contributed by atoms with E-state index in [1.54, 1.807) is 25.7 Å². The van der Waals surface area contributed by atoms with E-state index in [0.29, 0.717) is 17.5 Å². The first-order chi connectivity index (χ1) is 13.7. The van der Waals surface area contributed by atoms with Gasteiger partial charge in [0.05, 0.1) is 7.11 Å². The summed E-state index contributed by atoms with van der Waals surface area (Å²) in [5, 5.41) is 5.01. The van der Waals surface area contributed by atoms with Crippen LogP contribution in [0.3, 0.4) is 0 Å². The minimum absolute atomic E-state index is 0.0365. The fraction of sp³-hybridized carbons (Fsp3) is 0.333. The number of pyridine rings is 1. The maximum Gasteiger partial charge on any atom is 0.278 e. The molecule has 1 fully saturated rings. The van der Waals surface area contributed by atoms with Crippen molar-refractivity contribution in [3.8, 4) is 11.8 Å².